The van der Waals surface area contributed by atoms with Gasteiger partial charge in [-0.25, -0.2) is 4.79 Å². The predicted molar refractivity (Wildman–Crippen MR) is 45.2 cm³/mol. The monoisotopic (exact) mass is 173 g/mol. The molecule has 4 heteroatoms. The lowest BCUT2D eigenvalue weighted by atomic mass is 10.1. The molecule has 1 unspecified atom stereocenters. The molecule has 70 valence electrons. The minimum absolute atomic E-state index is 0.120. The average molecular weight is 173 g/mol. The van der Waals surface area contributed by atoms with Gasteiger partial charge in [0.05, 0.1) is 6.04 Å². The maximum atomic E-state index is 10.9. The van der Waals surface area contributed by atoms with E-state index in [1.54, 1.807) is 0 Å². The van der Waals surface area contributed by atoms with Crippen molar-refractivity contribution in [1.29, 1.82) is 0 Å². The number of Topliss-reactive ketones (excluding diaryl/α,β-unsaturated/α-hetero) is 1. The molecule has 0 saturated carbocycles. The summed E-state index contributed by atoms with van der Waals surface area (Å²) >= 11 is 0. The zero-order valence-corrected chi connectivity index (χ0v) is 7.46. The molecule has 0 rings (SSSR count). The molecule has 0 heterocycles. The smallest absolute Gasteiger partial charge is 0.405 e. The van der Waals surface area contributed by atoms with Crippen molar-refractivity contribution in [3.05, 3.63) is 0 Å². The molecule has 4 nitrogen and oxygen atoms in total. The second-order valence-corrected chi connectivity index (χ2v) is 2.75. The summed E-state index contributed by atoms with van der Waals surface area (Å²) in [4.78, 5) is 21.1. The molecule has 0 radical (unpaired) electrons. The van der Waals surface area contributed by atoms with Crippen LogP contribution in [-0.4, -0.2) is 23.0 Å². The van der Waals surface area contributed by atoms with Crippen molar-refractivity contribution in [1.82, 2.24) is 5.32 Å². The fourth-order valence-electron chi connectivity index (χ4n) is 0.934. The Labute approximate surface area is 72.0 Å². The molecule has 1 amide bonds. The third-order valence-electron chi connectivity index (χ3n) is 1.63. The number of carbonyl (C=O) groups is 2. The minimum atomic E-state index is -1.13. The molecular formula is C8H15NO3. The van der Waals surface area contributed by atoms with Gasteiger partial charge in [-0.2, -0.15) is 0 Å². The maximum absolute atomic E-state index is 10.9. The van der Waals surface area contributed by atoms with Crippen LogP contribution in [0.25, 0.3) is 0 Å². The molecule has 0 aliphatic heterocycles. The molecular weight excluding hydrogens is 158 g/mol. The second-order valence-electron chi connectivity index (χ2n) is 2.75. The van der Waals surface area contributed by atoms with Crippen LogP contribution >= 0.6 is 0 Å². The van der Waals surface area contributed by atoms with E-state index in [0.29, 0.717) is 6.42 Å². The van der Waals surface area contributed by atoms with Crippen LogP contribution in [-0.2, 0) is 4.79 Å². The van der Waals surface area contributed by atoms with Crippen molar-refractivity contribution < 1.29 is 14.7 Å². The van der Waals surface area contributed by atoms with E-state index < -0.39 is 12.1 Å². The van der Waals surface area contributed by atoms with Gasteiger partial charge in [0.2, 0.25) is 0 Å². The van der Waals surface area contributed by atoms with Crippen molar-refractivity contribution >= 4 is 11.9 Å². The van der Waals surface area contributed by atoms with E-state index in [1.807, 2.05) is 6.92 Å². The van der Waals surface area contributed by atoms with Crippen LogP contribution < -0.4 is 5.32 Å². The summed E-state index contributed by atoms with van der Waals surface area (Å²) in [6.45, 7) is 3.40. The van der Waals surface area contributed by atoms with Crippen molar-refractivity contribution in [2.45, 2.75) is 39.2 Å². The number of nitrogens with one attached hydrogen (secondary N) is 1. The number of hydrogen-bond acceptors (Lipinski definition) is 2. The van der Waals surface area contributed by atoms with Crippen LogP contribution in [0.4, 0.5) is 4.79 Å². The highest BCUT2D eigenvalue weighted by molar-refractivity contribution is 5.84. The molecule has 0 aromatic rings. The Balaban J connectivity index is 3.87. The first-order chi connectivity index (χ1) is 5.57. The van der Waals surface area contributed by atoms with Gasteiger partial charge in [0.15, 0.2) is 5.78 Å². The normalized spacial score (nSPS) is 12.2. The molecule has 12 heavy (non-hydrogen) atoms. The Morgan fingerprint density at radius 3 is 2.42 bits per heavy atom. The first kappa shape index (κ1) is 10.9. The topological polar surface area (TPSA) is 66.4 Å². The quantitative estimate of drug-likeness (QED) is 0.660. The molecule has 1 atom stereocenters. The number of rotatable bonds is 5. The summed E-state index contributed by atoms with van der Waals surface area (Å²) in [7, 11) is 0. The van der Waals surface area contributed by atoms with Crippen LogP contribution in [0.2, 0.25) is 0 Å². The van der Waals surface area contributed by atoms with Gasteiger partial charge in [0.1, 0.15) is 0 Å². The average Bonchev–Trinajstić information content (AvgIpc) is 1.96. The van der Waals surface area contributed by atoms with E-state index >= 15 is 0 Å². The molecule has 0 aliphatic rings. The molecule has 0 bridgehead atoms. The van der Waals surface area contributed by atoms with Crippen molar-refractivity contribution in [2.24, 2.45) is 0 Å². The lowest BCUT2D eigenvalue weighted by molar-refractivity contribution is -0.119. The highest BCUT2D eigenvalue weighted by Gasteiger charge is 2.14. The number of unbranched alkanes of at least 4 members (excludes halogenated alkanes) is 1. The van der Waals surface area contributed by atoms with Gasteiger partial charge in [0.25, 0.3) is 0 Å². The number of ketones is 1. The van der Waals surface area contributed by atoms with Crippen LogP contribution in [0.1, 0.15) is 33.1 Å². The third kappa shape index (κ3) is 4.71. The number of carbonyl (C=O) groups excluding carboxylic acids is 1. The zero-order chi connectivity index (χ0) is 9.56. The van der Waals surface area contributed by atoms with Gasteiger partial charge in [0, 0.05) is 0 Å². The fourth-order valence-corrected chi connectivity index (χ4v) is 0.934. The lowest BCUT2D eigenvalue weighted by Crippen LogP contribution is -2.38. The van der Waals surface area contributed by atoms with Gasteiger partial charge >= 0.3 is 6.09 Å². The first-order valence-corrected chi connectivity index (χ1v) is 4.07. The molecule has 0 fully saturated rings. The maximum Gasteiger partial charge on any atom is 0.405 e. The Hall–Kier alpha value is -1.06. The van der Waals surface area contributed by atoms with Gasteiger partial charge in [-0.05, 0) is 13.3 Å². The molecule has 0 aromatic carbocycles. The molecule has 0 saturated heterocycles. The van der Waals surface area contributed by atoms with Gasteiger partial charge in [-0.15, -0.1) is 0 Å². The van der Waals surface area contributed by atoms with Crippen LogP contribution in [0.3, 0.4) is 0 Å². The summed E-state index contributed by atoms with van der Waals surface area (Å²) < 4.78 is 0. The highest BCUT2D eigenvalue weighted by Crippen LogP contribution is 2.01. The van der Waals surface area contributed by atoms with Gasteiger partial charge in [-0.1, -0.05) is 19.8 Å². The van der Waals surface area contributed by atoms with E-state index in [-0.39, 0.29) is 5.78 Å². The molecule has 0 aromatic heterocycles. The van der Waals surface area contributed by atoms with E-state index in [2.05, 4.69) is 5.32 Å². The molecule has 2 N–H and O–H groups in total. The molecule has 0 aliphatic carbocycles. The fraction of sp³-hybridized carbons (Fsp3) is 0.750. The van der Waals surface area contributed by atoms with E-state index in [9.17, 15) is 9.59 Å². The summed E-state index contributed by atoms with van der Waals surface area (Å²) in [5.74, 6) is -0.120. The second kappa shape index (κ2) is 5.57. The van der Waals surface area contributed by atoms with E-state index in [0.717, 1.165) is 12.8 Å². The Kier molecular flexibility index (Phi) is 5.08. The van der Waals surface area contributed by atoms with Crippen LogP contribution in [0.5, 0.6) is 0 Å². The Bertz CT molecular complexity index is 168. The summed E-state index contributed by atoms with van der Waals surface area (Å²) in [5, 5.41) is 10.5. The molecule has 0 spiro atoms. The number of hydrogen-bond donors (Lipinski definition) is 2. The van der Waals surface area contributed by atoms with E-state index in [1.165, 1.54) is 6.92 Å². The largest absolute Gasteiger partial charge is 0.465 e. The summed E-state index contributed by atoms with van der Waals surface area (Å²) in [5.41, 5.74) is 0. The van der Waals surface area contributed by atoms with Crippen LogP contribution in [0, 0.1) is 0 Å². The number of amides is 1. The van der Waals surface area contributed by atoms with Crippen molar-refractivity contribution in [2.75, 3.05) is 0 Å². The van der Waals surface area contributed by atoms with E-state index in [4.69, 9.17) is 5.11 Å². The van der Waals surface area contributed by atoms with Gasteiger partial charge < -0.3 is 10.4 Å². The van der Waals surface area contributed by atoms with Gasteiger partial charge in [-0.3, -0.25) is 4.79 Å². The minimum Gasteiger partial charge on any atom is -0.465 e. The number of carboxylic acid groups (broad SMARTS) is 1. The van der Waals surface area contributed by atoms with Crippen molar-refractivity contribution in [3.63, 3.8) is 0 Å². The third-order valence-corrected chi connectivity index (χ3v) is 1.63. The predicted octanol–water partition coefficient (Wildman–Crippen LogP) is 1.40. The Morgan fingerprint density at radius 1 is 1.50 bits per heavy atom. The van der Waals surface area contributed by atoms with Crippen LogP contribution in [0.15, 0.2) is 0 Å². The summed E-state index contributed by atoms with van der Waals surface area (Å²) in [6, 6.07) is -0.526. The summed E-state index contributed by atoms with van der Waals surface area (Å²) in [6.07, 6.45) is 1.29. The Morgan fingerprint density at radius 2 is 2.08 bits per heavy atom. The zero-order valence-electron chi connectivity index (χ0n) is 7.46. The standard InChI is InChI=1S/C8H15NO3/c1-3-4-5-7(6(2)10)9-8(11)12/h7,9H,3-5H2,1-2H3,(H,11,12). The van der Waals surface area contributed by atoms with Crippen molar-refractivity contribution in [3.8, 4) is 0 Å². The highest BCUT2D eigenvalue weighted by atomic mass is 16.4. The lowest BCUT2D eigenvalue weighted by Gasteiger charge is -2.12. The first-order valence-electron chi connectivity index (χ1n) is 4.07. The SMILES string of the molecule is CCCCC(NC(=O)O)C(C)=O.